The Morgan fingerprint density at radius 1 is 1.37 bits per heavy atom. The maximum Gasteiger partial charge on any atom is 0.471 e. The minimum atomic E-state index is -4.98. The fraction of sp³-hybridized carbons (Fsp3) is 0.500. The smallest absolute Gasteiger partial charge is 0.471 e. The van der Waals surface area contributed by atoms with Crippen molar-refractivity contribution in [1.29, 1.82) is 0 Å². The second kappa shape index (κ2) is 5.29. The molecule has 0 atom stereocenters. The highest BCUT2D eigenvalue weighted by Gasteiger charge is 2.39. The van der Waals surface area contributed by atoms with Crippen LogP contribution >= 0.6 is 0 Å². The summed E-state index contributed by atoms with van der Waals surface area (Å²) in [6, 6.07) is 0. The zero-order valence-corrected chi connectivity index (χ0v) is 10.2. The van der Waals surface area contributed by atoms with Gasteiger partial charge in [0.2, 0.25) is 0 Å². The van der Waals surface area contributed by atoms with Crippen LogP contribution in [-0.4, -0.2) is 32.9 Å². The second-order valence-electron chi connectivity index (χ2n) is 3.86. The van der Waals surface area contributed by atoms with E-state index in [1.807, 2.05) is 0 Å². The number of aromatic nitrogens is 2. The van der Waals surface area contributed by atoms with Crippen LogP contribution < -0.4 is 5.32 Å². The summed E-state index contributed by atoms with van der Waals surface area (Å²) < 4.78 is 37.7. The van der Waals surface area contributed by atoms with E-state index in [2.05, 4.69) is 5.10 Å². The molecule has 19 heavy (non-hydrogen) atoms. The molecular weight excluding hydrogens is 267 g/mol. The van der Waals surface area contributed by atoms with Gasteiger partial charge in [0, 0.05) is 0 Å². The second-order valence-corrected chi connectivity index (χ2v) is 3.86. The third-order valence-corrected chi connectivity index (χ3v) is 2.41. The number of nitrogens with zero attached hydrogens (tertiary/aromatic N) is 2. The molecule has 2 N–H and O–H groups in total. The van der Waals surface area contributed by atoms with E-state index >= 15 is 0 Å². The fourth-order valence-corrected chi connectivity index (χ4v) is 1.48. The Hall–Kier alpha value is -2.06. The molecule has 1 aromatic heterocycles. The molecule has 1 rings (SSSR count). The number of rotatable bonds is 4. The maximum absolute atomic E-state index is 12.1. The van der Waals surface area contributed by atoms with E-state index in [-0.39, 0.29) is 30.0 Å². The molecule has 1 heterocycles. The number of carboxylic acid groups (broad SMARTS) is 1. The summed E-state index contributed by atoms with van der Waals surface area (Å²) in [5, 5.41) is 14.2. The number of aryl methyl sites for hydroxylation is 2. The highest BCUT2D eigenvalue weighted by atomic mass is 19.4. The molecule has 0 fully saturated rings. The number of carbonyl (C=O) groups is 2. The molecule has 0 spiro atoms. The molecule has 9 heteroatoms. The first-order valence-corrected chi connectivity index (χ1v) is 5.27. The summed E-state index contributed by atoms with van der Waals surface area (Å²) >= 11 is 0. The summed E-state index contributed by atoms with van der Waals surface area (Å²) in [5.74, 6) is -3.13. The number of anilines is 1. The van der Waals surface area contributed by atoms with E-state index in [0.29, 0.717) is 0 Å². The van der Waals surface area contributed by atoms with E-state index in [9.17, 15) is 22.8 Å². The Morgan fingerprint density at radius 3 is 2.42 bits per heavy atom. The lowest BCUT2D eigenvalue weighted by Gasteiger charge is -2.08. The number of nitrogens with one attached hydrogen (secondary N) is 1. The van der Waals surface area contributed by atoms with Gasteiger partial charge in [0.15, 0.2) is 0 Å². The Balaban J connectivity index is 2.91. The summed E-state index contributed by atoms with van der Waals surface area (Å²) in [7, 11) is 0. The van der Waals surface area contributed by atoms with Crippen molar-refractivity contribution in [3.63, 3.8) is 0 Å². The number of hydrogen-bond acceptors (Lipinski definition) is 3. The summed E-state index contributed by atoms with van der Waals surface area (Å²) in [4.78, 5) is 21.3. The van der Waals surface area contributed by atoms with Gasteiger partial charge in [-0.25, -0.2) is 0 Å². The first kappa shape index (κ1) is 15.0. The first-order chi connectivity index (χ1) is 8.62. The molecule has 0 unspecified atom stereocenters. The van der Waals surface area contributed by atoms with Crippen LogP contribution in [0.3, 0.4) is 0 Å². The van der Waals surface area contributed by atoms with Crippen molar-refractivity contribution in [2.45, 2.75) is 33.0 Å². The van der Waals surface area contributed by atoms with Crippen molar-refractivity contribution in [1.82, 2.24) is 9.78 Å². The van der Waals surface area contributed by atoms with Gasteiger partial charge in [0.25, 0.3) is 0 Å². The minimum absolute atomic E-state index is 0.0178. The number of halogens is 3. The fourth-order valence-electron chi connectivity index (χ4n) is 1.48. The summed E-state index contributed by atoms with van der Waals surface area (Å²) in [5.41, 5.74) is 0.421. The summed E-state index contributed by atoms with van der Waals surface area (Å²) in [6.07, 6.45) is -5.20. The predicted octanol–water partition coefficient (Wildman–Crippen LogP) is 1.48. The Morgan fingerprint density at radius 2 is 1.95 bits per heavy atom. The molecule has 0 aromatic carbocycles. The topological polar surface area (TPSA) is 84.2 Å². The number of carbonyl (C=O) groups excluding carboxylic acids is 1. The van der Waals surface area contributed by atoms with Crippen LogP contribution in [0.4, 0.5) is 18.9 Å². The van der Waals surface area contributed by atoms with Crippen LogP contribution in [0, 0.1) is 13.8 Å². The Bertz CT molecular complexity index is 508. The van der Waals surface area contributed by atoms with Crippen LogP contribution in [0.2, 0.25) is 0 Å². The molecule has 0 aliphatic heterocycles. The van der Waals surface area contributed by atoms with Gasteiger partial charge in [-0.2, -0.15) is 18.3 Å². The van der Waals surface area contributed by atoms with Crippen LogP contribution in [0.15, 0.2) is 0 Å². The zero-order valence-electron chi connectivity index (χ0n) is 10.2. The number of alkyl halides is 3. The van der Waals surface area contributed by atoms with Crippen LogP contribution in [-0.2, 0) is 16.1 Å². The van der Waals surface area contributed by atoms with Crippen LogP contribution in [0.1, 0.15) is 17.8 Å². The highest BCUT2D eigenvalue weighted by Crippen LogP contribution is 2.23. The van der Waals surface area contributed by atoms with E-state index in [1.54, 1.807) is 5.32 Å². The standard InChI is InChI=1S/C10H12F3N3O3/c1-5-8(14-9(19)10(11,12)13)6(2)16(15-5)4-3-7(17)18/h3-4H2,1-2H3,(H,14,19)(H,17,18). The highest BCUT2D eigenvalue weighted by molar-refractivity contribution is 5.95. The maximum atomic E-state index is 12.1. The molecule has 106 valence electrons. The predicted molar refractivity (Wildman–Crippen MR) is 58.6 cm³/mol. The van der Waals surface area contributed by atoms with Crippen LogP contribution in [0.5, 0.6) is 0 Å². The normalized spacial score (nSPS) is 11.4. The van der Waals surface area contributed by atoms with Crippen molar-refractivity contribution < 1.29 is 27.9 Å². The van der Waals surface area contributed by atoms with Crippen molar-refractivity contribution in [2.75, 3.05) is 5.32 Å². The lowest BCUT2D eigenvalue weighted by molar-refractivity contribution is -0.167. The first-order valence-electron chi connectivity index (χ1n) is 5.27. The van der Waals surface area contributed by atoms with E-state index in [0.717, 1.165) is 0 Å². The van der Waals surface area contributed by atoms with Gasteiger partial charge >= 0.3 is 18.1 Å². The van der Waals surface area contributed by atoms with Crippen molar-refractivity contribution in [3.05, 3.63) is 11.4 Å². The molecule has 0 aliphatic rings. The Labute approximate surface area is 106 Å². The van der Waals surface area contributed by atoms with Gasteiger partial charge in [-0.3, -0.25) is 14.3 Å². The van der Waals surface area contributed by atoms with E-state index < -0.39 is 18.1 Å². The molecule has 0 saturated heterocycles. The van der Waals surface area contributed by atoms with E-state index in [1.165, 1.54) is 18.5 Å². The SMILES string of the molecule is Cc1nn(CCC(=O)O)c(C)c1NC(=O)C(F)(F)F. The van der Waals surface area contributed by atoms with Crippen molar-refractivity contribution >= 4 is 17.6 Å². The average Bonchev–Trinajstić information content (AvgIpc) is 2.52. The van der Waals surface area contributed by atoms with Crippen LogP contribution in [0.25, 0.3) is 0 Å². The lowest BCUT2D eigenvalue weighted by Crippen LogP contribution is -2.30. The zero-order chi connectivity index (χ0) is 14.8. The van der Waals surface area contributed by atoms with Gasteiger partial charge in [-0.15, -0.1) is 0 Å². The quantitative estimate of drug-likeness (QED) is 0.874. The third-order valence-electron chi connectivity index (χ3n) is 2.41. The van der Waals surface area contributed by atoms with Gasteiger partial charge in [-0.05, 0) is 13.8 Å². The van der Waals surface area contributed by atoms with Gasteiger partial charge in [0.05, 0.1) is 30.0 Å². The van der Waals surface area contributed by atoms with Gasteiger partial charge in [-0.1, -0.05) is 0 Å². The molecule has 1 aromatic rings. The molecule has 0 bridgehead atoms. The number of aliphatic carboxylic acids is 1. The van der Waals surface area contributed by atoms with Gasteiger partial charge in [0.1, 0.15) is 0 Å². The molecule has 1 amide bonds. The molecule has 6 nitrogen and oxygen atoms in total. The monoisotopic (exact) mass is 279 g/mol. The largest absolute Gasteiger partial charge is 0.481 e. The molecule has 0 saturated carbocycles. The van der Waals surface area contributed by atoms with Gasteiger partial charge < -0.3 is 10.4 Å². The van der Waals surface area contributed by atoms with Crippen molar-refractivity contribution in [3.8, 4) is 0 Å². The number of amides is 1. The van der Waals surface area contributed by atoms with Crippen molar-refractivity contribution in [2.24, 2.45) is 0 Å². The molecule has 0 radical (unpaired) electrons. The number of hydrogen-bond donors (Lipinski definition) is 2. The number of carboxylic acids is 1. The molecule has 0 aliphatic carbocycles. The lowest BCUT2D eigenvalue weighted by atomic mass is 10.3. The Kier molecular flexibility index (Phi) is 4.17. The third kappa shape index (κ3) is 3.70. The average molecular weight is 279 g/mol. The summed E-state index contributed by atoms with van der Waals surface area (Å²) in [6.45, 7) is 2.90. The minimum Gasteiger partial charge on any atom is -0.481 e. The van der Waals surface area contributed by atoms with E-state index in [4.69, 9.17) is 5.11 Å². The molecular formula is C10H12F3N3O3.